The van der Waals surface area contributed by atoms with E-state index in [2.05, 4.69) is 0 Å². The van der Waals surface area contributed by atoms with Gasteiger partial charge in [0.25, 0.3) is 0 Å². The molecule has 2 aromatic carbocycles. The van der Waals surface area contributed by atoms with Gasteiger partial charge in [0.2, 0.25) is 0 Å². The van der Waals surface area contributed by atoms with Crippen molar-refractivity contribution in [2.75, 3.05) is 14.2 Å². The molecule has 0 radical (unpaired) electrons. The highest BCUT2D eigenvalue weighted by Gasteiger charge is 1.90. The Balaban J connectivity index is 0.000000364. The lowest BCUT2D eigenvalue weighted by Crippen LogP contribution is -1.95. The van der Waals surface area contributed by atoms with Gasteiger partial charge in [-0.1, -0.05) is 12.1 Å². The molecule has 0 spiro atoms. The third-order valence-corrected chi connectivity index (χ3v) is 2.61. The van der Waals surface area contributed by atoms with Crippen LogP contribution in [-0.2, 0) is 6.54 Å². The minimum absolute atomic E-state index is 0. The zero-order chi connectivity index (χ0) is 14.8. The Bertz CT molecular complexity index is 525. The van der Waals surface area contributed by atoms with Gasteiger partial charge in [-0.2, -0.15) is 5.26 Å². The number of nitrogens with zero attached hydrogens (tertiary/aromatic N) is 1. The summed E-state index contributed by atoms with van der Waals surface area (Å²) in [5.41, 5.74) is 7.18. The Morgan fingerprint density at radius 1 is 0.950 bits per heavy atom. The van der Waals surface area contributed by atoms with Crippen molar-refractivity contribution in [1.29, 1.82) is 5.26 Å². The van der Waals surface area contributed by atoms with Crippen LogP contribution in [0, 0.1) is 11.3 Å². The molecule has 0 saturated heterocycles. The van der Waals surface area contributed by atoms with Gasteiger partial charge in [0.15, 0.2) is 0 Å². The van der Waals surface area contributed by atoms with Crippen molar-refractivity contribution in [2.24, 2.45) is 5.73 Å². The molecule has 4 heteroatoms. The van der Waals surface area contributed by atoms with Crippen LogP contribution in [0.4, 0.5) is 0 Å². The minimum atomic E-state index is 0. The molecule has 0 aliphatic heterocycles. The van der Waals surface area contributed by atoms with E-state index in [0.717, 1.165) is 17.1 Å². The second kappa shape index (κ2) is 8.57. The standard InChI is InChI=1S/C8H11NO.C8H7NO.H2/c2*1-10-8-4-2-7(6-9)3-5-8;/h2-5H,6,9H2,1H3;2-5H,1H3;1H. The molecule has 0 aromatic heterocycles. The fourth-order valence-electron chi connectivity index (χ4n) is 1.43. The highest BCUT2D eigenvalue weighted by Crippen LogP contribution is 2.10. The van der Waals surface area contributed by atoms with Crippen LogP contribution in [0.3, 0.4) is 0 Å². The molecule has 4 nitrogen and oxygen atoms in total. The van der Waals surface area contributed by atoms with Crippen LogP contribution in [0.25, 0.3) is 0 Å². The van der Waals surface area contributed by atoms with Crippen molar-refractivity contribution in [1.82, 2.24) is 0 Å². The zero-order valence-electron chi connectivity index (χ0n) is 11.7. The molecule has 2 rings (SSSR count). The van der Waals surface area contributed by atoms with Crippen LogP contribution < -0.4 is 15.2 Å². The van der Waals surface area contributed by atoms with Gasteiger partial charge in [-0.15, -0.1) is 0 Å². The van der Waals surface area contributed by atoms with Crippen molar-refractivity contribution in [3.05, 3.63) is 59.7 Å². The largest absolute Gasteiger partial charge is 0.497 e. The first-order valence-electron chi connectivity index (χ1n) is 6.10. The van der Waals surface area contributed by atoms with Crippen LogP contribution >= 0.6 is 0 Å². The van der Waals surface area contributed by atoms with Gasteiger partial charge in [0, 0.05) is 7.97 Å². The SMILES string of the molecule is COc1ccc(C#N)cc1.COc1ccc(CN)cc1.[HH]. The molecule has 0 bridgehead atoms. The Morgan fingerprint density at radius 2 is 1.40 bits per heavy atom. The molecular formula is C16H20N2O2. The summed E-state index contributed by atoms with van der Waals surface area (Å²) < 4.78 is 9.88. The molecule has 0 saturated carbocycles. The molecule has 0 fully saturated rings. The first kappa shape index (κ1) is 15.5. The van der Waals surface area contributed by atoms with E-state index >= 15 is 0 Å². The van der Waals surface area contributed by atoms with Crippen molar-refractivity contribution in [3.63, 3.8) is 0 Å². The van der Waals surface area contributed by atoms with Crippen molar-refractivity contribution in [3.8, 4) is 17.6 Å². The summed E-state index contributed by atoms with van der Waals surface area (Å²) in [6.45, 7) is 0.587. The monoisotopic (exact) mass is 272 g/mol. The molecule has 20 heavy (non-hydrogen) atoms. The highest BCUT2D eigenvalue weighted by molar-refractivity contribution is 5.34. The summed E-state index contributed by atoms with van der Waals surface area (Å²) in [5, 5.41) is 8.41. The van der Waals surface area contributed by atoms with Crippen LogP contribution in [0.15, 0.2) is 48.5 Å². The molecule has 2 N–H and O–H groups in total. The summed E-state index contributed by atoms with van der Waals surface area (Å²) in [5.74, 6) is 1.65. The maximum atomic E-state index is 8.41. The second-order valence-electron chi connectivity index (χ2n) is 3.89. The van der Waals surface area contributed by atoms with Crippen molar-refractivity contribution < 1.29 is 10.9 Å². The zero-order valence-corrected chi connectivity index (χ0v) is 11.7. The number of nitrogens with two attached hydrogens (primary N) is 1. The molecule has 0 heterocycles. The molecule has 0 aliphatic carbocycles. The third kappa shape index (κ3) is 5.01. The fourth-order valence-corrected chi connectivity index (χ4v) is 1.43. The van der Waals surface area contributed by atoms with E-state index < -0.39 is 0 Å². The van der Waals surface area contributed by atoms with Crippen LogP contribution in [-0.4, -0.2) is 14.2 Å². The summed E-state index contributed by atoms with van der Waals surface area (Å²) in [4.78, 5) is 0. The van der Waals surface area contributed by atoms with Gasteiger partial charge >= 0.3 is 0 Å². The summed E-state index contributed by atoms with van der Waals surface area (Å²) in [7, 11) is 3.25. The maximum absolute atomic E-state index is 8.41. The number of nitriles is 1. The van der Waals surface area contributed by atoms with E-state index in [4.69, 9.17) is 20.5 Å². The minimum Gasteiger partial charge on any atom is -0.497 e. The Morgan fingerprint density at radius 3 is 1.75 bits per heavy atom. The highest BCUT2D eigenvalue weighted by atomic mass is 16.5. The Hall–Kier alpha value is -2.51. The molecule has 0 atom stereocenters. The van der Waals surface area contributed by atoms with Gasteiger partial charge in [0.05, 0.1) is 25.9 Å². The average Bonchev–Trinajstić information content (AvgIpc) is 2.55. The maximum Gasteiger partial charge on any atom is 0.118 e. The Labute approximate surface area is 120 Å². The molecule has 0 amide bonds. The molecular weight excluding hydrogens is 252 g/mol. The first-order valence-corrected chi connectivity index (χ1v) is 6.10. The summed E-state index contributed by atoms with van der Waals surface area (Å²) in [6.07, 6.45) is 0. The first-order chi connectivity index (χ1) is 9.73. The van der Waals surface area contributed by atoms with Crippen LogP contribution in [0.1, 0.15) is 12.6 Å². The van der Waals surface area contributed by atoms with Crippen LogP contribution in [0.2, 0.25) is 0 Å². The molecule has 106 valence electrons. The van der Waals surface area contributed by atoms with Gasteiger partial charge in [-0.25, -0.2) is 0 Å². The van der Waals surface area contributed by atoms with Gasteiger partial charge < -0.3 is 15.2 Å². The van der Waals surface area contributed by atoms with Crippen molar-refractivity contribution >= 4 is 0 Å². The van der Waals surface area contributed by atoms with Gasteiger partial charge in [-0.05, 0) is 42.0 Å². The number of hydrogen-bond acceptors (Lipinski definition) is 4. The lowest BCUT2D eigenvalue weighted by molar-refractivity contribution is 0.414. The lowest BCUT2D eigenvalue weighted by atomic mass is 10.2. The molecule has 0 unspecified atom stereocenters. The lowest BCUT2D eigenvalue weighted by Gasteiger charge is -1.99. The number of benzene rings is 2. The second-order valence-corrected chi connectivity index (χ2v) is 3.89. The van der Waals surface area contributed by atoms with Crippen LogP contribution in [0.5, 0.6) is 11.5 Å². The van der Waals surface area contributed by atoms with E-state index in [9.17, 15) is 0 Å². The quantitative estimate of drug-likeness (QED) is 0.932. The van der Waals surface area contributed by atoms with E-state index in [1.807, 2.05) is 30.3 Å². The van der Waals surface area contributed by atoms with Crippen molar-refractivity contribution in [2.45, 2.75) is 6.54 Å². The smallest absolute Gasteiger partial charge is 0.118 e. The van der Waals surface area contributed by atoms with E-state index in [0.29, 0.717) is 12.1 Å². The van der Waals surface area contributed by atoms with Gasteiger partial charge in [0.1, 0.15) is 11.5 Å². The van der Waals surface area contributed by atoms with E-state index in [-0.39, 0.29) is 1.43 Å². The summed E-state index contributed by atoms with van der Waals surface area (Å²) >= 11 is 0. The fraction of sp³-hybridized carbons (Fsp3) is 0.188. The van der Waals surface area contributed by atoms with E-state index in [1.165, 1.54) is 0 Å². The average molecular weight is 272 g/mol. The number of rotatable bonds is 3. The third-order valence-electron chi connectivity index (χ3n) is 2.61. The number of ether oxygens (including phenoxy) is 2. The van der Waals surface area contributed by atoms with E-state index in [1.54, 1.807) is 38.5 Å². The molecule has 2 aromatic rings. The number of hydrogen-bond donors (Lipinski definition) is 1. The topological polar surface area (TPSA) is 68.3 Å². The van der Waals surface area contributed by atoms with Gasteiger partial charge in [-0.3, -0.25) is 0 Å². The predicted octanol–water partition coefficient (Wildman–Crippen LogP) is 2.97. The Kier molecular flexibility index (Phi) is 6.66. The predicted molar refractivity (Wildman–Crippen MR) is 80.7 cm³/mol. The molecule has 0 aliphatic rings. The summed E-state index contributed by atoms with van der Waals surface area (Å²) in [6, 6.07) is 16.7. The normalized spacial score (nSPS) is 8.90. The number of methoxy groups -OCH3 is 2.